The minimum atomic E-state index is 1.06. The number of benzene rings is 1. The molecule has 2 rings (SSSR count). The number of nitrogens with zero attached hydrogens (tertiary/aromatic N) is 1. The van der Waals surface area contributed by atoms with Gasteiger partial charge in [-0.3, -0.25) is 0 Å². The quantitative estimate of drug-likeness (QED) is 0.490. The highest BCUT2D eigenvalue weighted by Crippen LogP contribution is 2.21. The average Bonchev–Trinajstić information content (AvgIpc) is 2.02. The predicted molar refractivity (Wildman–Crippen MR) is 71.9 cm³/mol. The number of aryl methyl sites for hydroxylation is 1. The van der Waals surface area contributed by atoms with Crippen LogP contribution in [0.5, 0.6) is 0 Å². The van der Waals surface area contributed by atoms with Gasteiger partial charge < -0.3 is 0 Å². The topological polar surface area (TPSA) is 12.9 Å². The summed E-state index contributed by atoms with van der Waals surface area (Å²) >= 11 is 4.53. The van der Waals surface area contributed by atoms with Crippen molar-refractivity contribution in [2.45, 2.75) is 6.92 Å². The van der Waals surface area contributed by atoms with E-state index in [4.69, 9.17) is 0 Å². The monoisotopic (exact) mass is 395 g/mol. The summed E-state index contributed by atoms with van der Waals surface area (Å²) in [5.74, 6) is 0. The first-order chi connectivity index (χ1) is 6.16. The first kappa shape index (κ1) is 9.64. The van der Waals surface area contributed by atoms with Crippen molar-refractivity contribution in [2.24, 2.45) is 0 Å². The second kappa shape index (κ2) is 3.68. The van der Waals surface area contributed by atoms with Gasteiger partial charge >= 0.3 is 0 Å². The number of hydrogen-bond donors (Lipinski definition) is 0. The third kappa shape index (κ3) is 1.96. The molecule has 0 aliphatic rings. The zero-order valence-corrected chi connectivity index (χ0v) is 11.3. The van der Waals surface area contributed by atoms with E-state index in [0.717, 1.165) is 7.40 Å². The van der Waals surface area contributed by atoms with Crippen molar-refractivity contribution in [3.8, 4) is 0 Å². The summed E-state index contributed by atoms with van der Waals surface area (Å²) in [7, 11) is 0. The second-order valence-corrected chi connectivity index (χ2v) is 5.09. The van der Waals surface area contributed by atoms with Gasteiger partial charge in [-0.25, -0.2) is 4.98 Å². The Kier molecular flexibility index (Phi) is 2.73. The molecule has 0 N–H and O–H groups in total. The predicted octanol–water partition coefficient (Wildman–Crippen LogP) is 3.75. The van der Waals surface area contributed by atoms with Gasteiger partial charge in [0.2, 0.25) is 0 Å². The molecule has 0 fully saturated rings. The van der Waals surface area contributed by atoms with Crippen LogP contribution in [0.15, 0.2) is 24.3 Å². The fourth-order valence-electron chi connectivity index (χ4n) is 1.30. The van der Waals surface area contributed by atoms with Crippen LogP contribution in [-0.4, -0.2) is 4.98 Å². The summed E-state index contributed by atoms with van der Waals surface area (Å²) in [6, 6.07) is 8.57. The van der Waals surface area contributed by atoms with Crippen molar-refractivity contribution < 1.29 is 0 Å². The smallest absolute Gasteiger partial charge is 0.110 e. The normalized spacial score (nSPS) is 10.7. The minimum Gasteiger partial charge on any atom is -0.235 e. The summed E-state index contributed by atoms with van der Waals surface area (Å²) in [5.41, 5.74) is 1.30. The van der Waals surface area contributed by atoms with Crippen molar-refractivity contribution in [3.63, 3.8) is 0 Å². The molecule has 0 unspecified atom stereocenters. The average molecular weight is 395 g/mol. The van der Waals surface area contributed by atoms with Crippen LogP contribution in [-0.2, 0) is 0 Å². The van der Waals surface area contributed by atoms with Crippen LogP contribution in [0.2, 0.25) is 0 Å². The van der Waals surface area contributed by atoms with Crippen LogP contribution in [0.1, 0.15) is 5.56 Å². The Morgan fingerprint density at radius 3 is 2.69 bits per heavy atom. The van der Waals surface area contributed by atoms with Crippen LogP contribution < -0.4 is 0 Å². The number of rotatable bonds is 0. The van der Waals surface area contributed by atoms with Gasteiger partial charge in [-0.15, -0.1) is 0 Å². The maximum absolute atomic E-state index is 4.40. The zero-order chi connectivity index (χ0) is 9.42. The molecule has 0 bridgehead atoms. The Labute approximate surface area is 104 Å². The van der Waals surface area contributed by atoms with Crippen molar-refractivity contribution in [3.05, 3.63) is 37.2 Å². The fraction of sp³-hybridized carbons (Fsp3) is 0.100. The van der Waals surface area contributed by atoms with Crippen LogP contribution in [0.3, 0.4) is 0 Å². The molecule has 0 amide bonds. The van der Waals surface area contributed by atoms with Crippen LogP contribution in [0, 0.1) is 14.3 Å². The molecule has 66 valence electrons. The molecular formula is C10H7I2N. The Balaban J connectivity index is 2.86. The summed E-state index contributed by atoms with van der Waals surface area (Å²) in [6.07, 6.45) is 0. The number of aromatic nitrogens is 1. The van der Waals surface area contributed by atoms with Crippen LogP contribution >= 0.6 is 45.2 Å². The molecule has 1 nitrogen and oxygen atoms in total. The van der Waals surface area contributed by atoms with Gasteiger partial charge in [0.15, 0.2) is 0 Å². The molecule has 0 saturated carbocycles. The molecule has 3 heteroatoms. The van der Waals surface area contributed by atoms with Gasteiger partial charge in [0.1, 0.15) is 7.40 Å². The van der Waals surface area contributed by atoms with Crippen molar-refractivity contribution >= 4 is 56.0 Å². The van der Waals surface area contributed by atoms with E-state index in [1.54, 1.807) is 0 Å². The summed E-state index contributed by atoms with van der Waals surface area (Å²) < 4.78 is 2.14. The van der Waals surface area contributed by atoms with Crippen molar-refractivity contribution in [1.29, 1.82) is 0 Å². The Hall–Kier alpha value is 0.0900. The maximum Gasteiger partial charge on any atom is 0.110 e. The minimum absolute atomic E-state index is 1.06. The lowest BCUT2D eigenvalue weighted by Crippen LogP contribution is -1.87. The number of hydrogen-bond acceptors (Lipinski definition) is 1. The largest absolute Gasteiger partial charge is 0.235 e. The molecule has 13 heavy (non-hydrogen) atoms. The zero-order valence-electron chi connectivity index (χ0n) is 7.01. The van der Waals surface area contributed by atoms with E-state index in [0.29, 0.717) is 0 Å². The van der Waals surface area contributed by atoms with E-state index in [2.05, 4.69) is 81.4 Å². The standard InChI is InChI=1S/C10H7I2N/c1-6-2-3-8-7(4-6)5-9(11)13-10(8)12/h2-5H,1H3. The van der Waals surface area contributed by atoms with E-state index in [-0.39, 0.29) is 0 Å². The first-order valence-corrected chi connectivity index (χ1v) is 6.05. The second-order valence-electron chi connectivity index (χ2n) is 2.96. The molecule has 1 aromatic heterocycles. The summed E-state index contributed by atoms with van der Waals surface area (Å²) in [4.78, 5) is 4.40. The van der Waals surface area contributed by atoms with Gasteiger partial charge in [-0.2, -0.15) is 0 Å². The third-order valence-electron chi connectivity index (χ3n) is 1.91. The van der Waals surface area contributed by atoms with Crippen molar-refractivity contribution in [2.75, 3.05) is 0 Å². The Morgan fingerprint density at radius 2 is 1.92 bits per heavy atom. The molecule has 1 aromatic carbocycles. The number of pyridine rings is 1. The highest BCUT2D eigenvalue weighted by atomic mass is 127. The molecule has 0 aliphatic carbocycles. The van der Waals surface area contributed by atoms with Crippen molar-refractivity contribution in [1.82, 2.24) is 4.98 Å². The number of halogens is 2. The lowest BCUT2D eigenvalue weighted by Gasteiger charge is -2.02. The van der Waals surface area contributed by atoms with Gasteiger partial charge in [-0.05, 0) is 63.6 Å². The van der Waals surface area contributed by atoms with Gasteiger partial charge in [-0.1, -0.05) is 23.8 Å². The first-order valence-electron chi connectivity index (χ1n) is 3.89. The molecule has 0 spiro atoms. The van der Waals surface area contributed by atoms with Crippen LogP contribution in [0.25, 0.3) is 10.8 Å². The maximum atomic E-state index is 4.40. The summed E-state index contributed by atoms with van der Waals surface area (Å²) in [6.45, 7) is 2.11. The molecule has 0 saturated heterocycles. The highest BCUT2D eigenvalue weighted by molar-refractivity contribution is 14.1. The lowest BCUT2D eigenvalue weighted by atomic mass is 10.1. The van der Waals surface area contributed by atoms with E-state index in [1.165, 1.54) is 16.3 Å². The fourth-order valence-corrected chi connectivity index (χ4v) is 3.09. The van der Waals surface area contributed by atoms with E-state index in [9.17, 15) is 0 Å². The molecule has 1 heterocycles. The Bertz CT molecular complexity index is 460. The van der Waals surface area contributed by atoms with Crippen LogP contribution in [0.4, 0.5) is 0 Å². The SMILES string of the molecule is Cc1ccc2c(I)nc(I)cc2c1. The Morgan fingerprint density at radius 1 is 1.15 bits per heavy atom. The number of fused-ring (bicyclic) bond motifs is 1. The molecular weight excluding hydrogens is 388 g/mol. The third-order valence-corrected chi connectivity index (χ3v) is 3.28. The molecule has 0 aliphatic heterocycles. The summed E-state index contributed by atoms with van der Waals surface area (Å²) in [5, 5.41) is 2.52. The van der Waals surface area contributed by atoms with E-state index in [1.807, 2.05) is 0 Å². The lowest BCUT2D eigenvalue weighted by molar-refractivity contribution is 1.25. The highest BCUT2D eigenvalue weighted by Gasteiger charge is 2.01. The van der Waals surface area contributed by atoms with Gasteiger partial charge in [0.05, 0.1) is 0 Å². The van der Waals surface area contributed by atoms with E-state index < -0.39 is 0 Å². The molecule has 2 aromatic rings. The van der Waals surface area contributed by atoms with Gasteiger partial charge in [0.25, 0.3) is 0 Å². The van der Waals surface area contributed by atoms with Gasteiger partial charge in [0, 0.05) is 5.39 Å². The molecule has 0 atom stereocenters. The molecule has 0 radical (unpaired) electrons. The van der Waals surface area contributed by atoms with E-state index >= 15 is 0 Å².